The minimum Gasteiger partial charge on any atom is -0.310 e. The van der Waals surface area contributed by atoms with Gasteiger partial charge in [0.05, 0.1) is 0 Å². The molecule has 1 amide bonds. The van der Waals surface area contributed by atoms with E-state index in [1.54, 1.807) is 6.20 Å². The van der Waals surface area contributed by atoms with E-state index < -0.39 is 0 Å². The van der Waals surface area contributed by atoms with Crippen molar-refractivity contribution in [1.82, 2.24) is 4.98 Å². The van der Waals surface area contributed by atoms with Crippen molar-refractivity contribution < 1.29 is 4.79 Å². The fourth-order valence-corrected chi connectivity index (χ4v) is 2.98. The van der Waals surface area contributed by atoms with Crippen molar-refractivity contribution in [1.29, 1.82) is 0 Å². The molecule has 0 saturated heterocycles. The van der Waals surface area contributed by atoms with Gasteiger partial charge in [-0.2, -0.15) is 0 Å². The summed E-state index contributed by atoms with van der Waals surface area (Å²) < 4.78 is 0.970. The summed E-state index contributed by atoms with van der Waals surface area (Å²) in [6.45, 7) is 1.99. The molecular formula is C13H15BrN2O. The van der Waals surface area contributed by atoms with Crippen LogP contribution in [0, 0.1) is 24.7 Å². The molecule has 0 bridgehead atoms. The minimum atomic E-state index is 0.145. The molecule has 2 fully saturated rings. The first-order chi connectivity index (χ1) is 8.13. The number of anilines is 1. The lowest BCUT2D eigenvalue weighted by molar-refractivity contribution is -0.120. The number of nitrogens with zero attached hydrogens (tertiary/aromatic N) is 1. The Bertz CT molecular complexity index is 464. The maximum atomic E-state index is 12.0. The van der Waals surface area contributed by atoms with E-state index in [4.69, 9.17) is 0 Å². The first kappa shape index (κ1) is 11.2. The summed E-state index contributed by atoms with van der Waals surface area (Å²) in [6, 6.07) is 1.90. The van der Waals surface area contributed by atoms with Gasteiger partial charge in [-0.05, 0) is 65.6 Å². The number of hydrogen-bond donors (Lipinski definition) is 1. The molecule has 1 N–H and O–H groups in total. The maximum Gasteiger partial charge on any atom is 0.228 e. The van der Waals surface area contributed by atoms with E-state index in [1.807, 2.05) is 13.0 Å². The number of carbonyl (C=O) groups excluding carboxylic acids is 1. The Morgan fingerprint density at radius 3 is 2.76 bits per heavy atom. The van der Waals surface area contributed by atoms with Crippen molar-refractivity contribution in [2.75, 3.05) is 5.32 Å². The summed E-state index contributed by atoms with van der Waals surface area (Å²) >= 11 is 3.40. The number of fused-ring (bicyclic) bond motifs is 1. The number of nitrogens with one attached hydrogen (secondary N) is 1. The summed E-state index contributed by atoms with van der Waals surface area (Å²) in [5.41, 5.74) is 1.09. The highest BCUT2D eigenvalue weighted by Gasteiger charge is 2.47. The molecule has 2 unspecified atom stereocenters. The lowest BCUT2D eigenvalue weighted by Crippen LogP contribution is -2.22. The van der Waals surface area contributed by atoms with Crippen LogP contribution in [0.4, 0.5) is 5.82 Å². The third kappa shape index (κ3) is 2.23. The van der Waals surface area contributed by atoms with Crippen LogP contribution in [-0.4, -0.2) is 10.9 Å². The molecule has 0 radical (unpaired) electrons. The van der Waals surface area contributed by atoms with Crippen LogP contribution in [0.2, 0.25) is 0 Å². The Balaban J connectivity index is 1.65. The van der Waals surface area contributed by atoms with Crippen molar-refractivity contribution >= 4 is 27.7 Å². The van der Waals surface area contributed by atoms with E-state index in [0.29, 0.717) is 5.82 Å². The van der Waals surface area contributed by atoms with Gasteiger partial charge in [-0.3, -0.25) is 4.79 Å². The Morgan fingerprint density at radius 2 is 2.12 bits per heavy atom. The summed E-state index contributed by atoms with van der Waals surface area (Å²) in [4.78, 5) is 16.2. The molecule has 1 aromatic heterocycles. The van der Waals surface area contributed by atoms with E-state index in [1.165, 1.54) is 6.42 Å². The molecule has 0 aliphatic heterocycles. The van der Waals surface area contributed by atoms with Crippen LogP contribution in [-0.2, 0) is 4.79 Å². The van der Waals surface area contributed by atoms with E-state index in [2.05, 4.69) is 26.2 Å². The zero-order chi connectivity index (χ0) is 12.0. The van der Waals surface area contributed by atoms with E-state index in [0.717, 1.165) is 34.7 Å². The third-order valence-corrected chi connectivity index (χ3v) is 4.74. The van der Waals surface area contributed by atoms with Crippen molar-refractivity contribution in [3.8, 4) is 0 Å². The largest absolute Gasteiger partial charge is 0.310 e. The summed E-state index contributed by atoms with van der Waals surface area (Å²) in [5, 5.41) is 2.92. The quantitative estimate of drug-likeness (QED) is 0.910. The van der Waals surface area contributed by atoms with Crippen LogP contribution < -0.4 is 5.32 Å². The Hall–Kier alpha value is -0.900. The van der Waals surface area contributed by atoms with Gasteiger partial charge in [-0.25, -0.2) is 4.98 Å². The zero-order valence-corrected chi connectivity index (χ0v) is 11.3. The molecule has 3 rings (SSSR count). The Labute approximate surface area is 109 Å². The van der Waals surface area contributed by atoms with Crippen molar-refractivity contribution in [3.05, 3.63) is 22.3 Å². The van der Waals surface area contributed by atoms with Crippen LogP contribution in [0.5, 0.6) is 0 Å². The van der Waals surface area contributed by atoms with Crippen LogP contribution in [0.3, 0.4) is 0 Å². The first-order valence-electron chi connectivity index (χ1n) is 6.06. The molecule has 2 aliphatic rings. The number of aromatic nitrogens is 1. The predicted molar refractivity (Wildman–Crippen MR) is 69.6 cm³/mol. The van der Waals surface area contributed by atoms with Crippen LogP contribution >= 0.6 is 15.9 Å². The zero-order valence-electron chi connectivity index (χ0n) is 9.74. The Kier molecular flexibility index (Phi) is 2.69. The summed E-state index contributed by atoms with van der Waals surface area (Å²) in [6.07, 6.45) is 5.23. The normalized spacial score (nSPS) is 29.9. The van der Waals surface area contributed by atoms with Crippen molar-refractivity contribution in [2.24, 2.45) is 17.8 Å². The van der Waals surface area contributed by atoms with E-state index in [9.17, 15) is 4.79 Å². The number of halogens is 1. The molecule has 0 spiro atoms. The second-order valence-electron chi connectivity index (χ2n) is 5.23. The second kappa shape index (κ2) is 4.09. The average Bonchev–Trinajstić information content (AvgIpc) is 2.91. The SMILES string of the molecule is Cc1cc(NC(=O)C2CC3CC3C2)ncc1Br. The summed E-state index contributed by atoms with van der Waals surface area (Å²) in [5.74, 6) is 2.70. The fourth-order valence-electron chi connectivity index (χ4n) is 2.76. The van der Waals surface area contributed by atoms with Gasteiger partial charge >= 0.3 is 0 Å². The van der Waals surface area contributed by atoms with Gasteiger partial charge < -0.3 is 5.32 Å². The van der Waals surface area contributed by atoms with Crippen molar-refractivity contribution in [3.63, 3.8) is 0 Å². The third-order valence-electron chi connectivity index (χ3n) is 3.91. The molecule has 2 aliphatic carbocycles. The number of amides is 1. The lowest BCUT2D eigenvalue weighted by atomic mass is 10.0. The molecule has 90 valence electrons. The van der Waals surface area contributed by atoms with Crippen molar-refractivity contribution in [2.45, 2.75) is 26.2 Å². The molecular weight excluding hydrogens is 280 g/mol. The van der Waals surface area contributed by atoms with Gasteiger partial charge in [-0.15, -0.1) is 0 Å². The monoisotopic (exact) mass is 294 g/mol. The molecule has 1 heterocycles. The molecule has 2 atom stereocenters. The smallest absolute Gasteiger partial charge is 0.228 e. The fraction of sp³-hybridized carbons (Fsp3) is 0.538. The highest BCUT2D eigenvalue weighted by molar-refractivity contribution is 9.10. The molecule has 17 heavy (non-hydrogen) atoms. The predicted octanol–water partition coefficient (Wildman–Crippen LogP) is 3.14. The number of pyridine rings is 1. The first-order valence-corrected chi connectivity index (χ1v) is 6.86. The average molecular weight is 295 g/mol. The van der Waals surface area contributed by atoms with E-state index >= 15 is 0 Å². The molecule has 3 nitrogen and oxygen atoms in total. The Morgan fingerprint density at radius 1 is 1.41 bits per heavy atom. The molecule has 0 aromatic carbocycles. The van der Waals surface area contributed by atoms with Crippen LogP contribution in [0.25, 0.3) is 0 Å². The number of rotatable bonds is 2. The van der Waals surface area contributed by atoms with Gasteiger partial charge in [0.25, 0.3) is 0 Å². The van der Waals surface area contributed by atoms with E-state index in [-0.39, 0.29) is 11.8 Å². The highest BCUT2D eigenvalue weighted by Crippen LogP contribution is 2.54. The number of aryl methyl sites for hydroxylation is 1. The maximum absolute atomic E-state index is 12.0. The van der Waals surface area contributed by atoms with Gasteiger partial charge in [0.15, 0.2) is 0 Å². The van der Waals surface area contributed by atoms with Gasteiger partial charge in [-0.1, -0.05) is 0 Å². The van der Waals surface area contributed by atoms with Crippen LogP contribution in [0.15, 0.2) is 16.7 Å². The molecule has 4 heteroatoms. The van der Waals surface area contributed by atoms with Crippen LogP contribution in [0.1, 0.15) is 24.8 Å². The topological polar surface area (TPSA) is 42.0 Å². The van der Waals surface area contributed by atoms with Gasteiger partial charge in [0, 0.05) is 16.6 Å². The second-order valence-corrected chi connectivity index (χ2v) is 6.09. The molecule has 1 aromatic rings. The lowest BCUT2D eigenvalue weighted by Gasteiger charge is -2.12. The summed E-state index contributed by atoms with van der Waals surface area (Å²) in [7, 11) is 0. The standard InChI is InChI=1S/C13H15BrN2O/c1-7-2-12(15-6-11(7)14)16-13(17)10-4-8-3-9(8)5-10/h2,6,8-10H,3-5H2,1H3,(H,15,16,17). The van der Waals surface area contributed by atoms with Gasteiger partial charge in [0.2, 0.25) is 5.91 Å². The highest BCUT2D eigenvalue weighted by atomic mass is 79.9. The molecule has 2 saturated carbocycles. The van der Waals surface area contributed by atoms with Gasteiger partial charge in [0.1, 0.15) is 5.82 Å². The number of hydrogen-bond acceptors (Lipinski definition) is 2. The minimum absolute atomic E-state index is 0.145. The number of carbonyl (C=O) groups is 1.